The predicted octanol–water partition coefficient (Wildman–Crippen LogP) is 3.28. The third-order valence-electron chi connectivity index (χ3n) is 4.12. The van der Waals surface area contributed by atoms with Gasteiger partial charge in [-0.05, 0) is 31.2 Å². The van der Waals surface area contributed by atoms with Crippen molar-refractivity contribution in [2.45, 2.75) is 6.92 Å². The molecule has 0 radical (unpaired) electrons. The Morgan fingerprint density at radius 3 is 2.42 bits per heavy atom. The summed E-state index contributed by atoms with van der Waals surface area (Å²) < 4.78 is 16.8. The fraction of sp³-hybridized carbons (Fsp3) is 0.100. The molecule has 5 nitrogen and oxygen atoms in total. The van der Waals surface area contributed by atoms with Crippen LogP contribution in [0.3, 0.4) is 0 Å². The number of para-hydroxylation sites is 1. The van der Waals surface area contributed by atoms with E-state index in [1.807, 2.05) is 30.3 Å². The summed E-state index contributed by atoms with van der Waals surface area (Å²) in [6, 6.07) is 15.3. The molecule has 0 aliphatic rings. The summed E-state index contributed by atoms with van der Waals surface area (Å²) in [6.07, 6.45) is 2.58. The van der Waals surface area contributed by atoms with Crippen LogP contribution in [0.2, 0.25) is 0 Å². The molecule has 0 atom stereocenters. The van der Waals surface area contributed by atoms with E-state index in [1.54, 1.807) is 36.9 Å². The van der Waals surface area contributed by atoms with Gasteiger partial charge in [-0.2, -0.15) is 0 Å². The third kappa shape index (κ3) is 3.35. The highest BCUT2D eigenvalue weighted by Gasteiger charge is 2.17. The molecule has 1 amide bonds. The quantitative estimate of drug-likeness (QED) is 0.734. The number of aromatic nitrogens is 2. The highest BCUT2D eigenvalue weighted by molar-refractivity contribution is 6.02. The van der Waals surface area contributed by atoms with Crippen LogP contribution in [0.4, 0.5) is 10.1 Å². The summed E-state index contributed by atoms with van der Waals surface area (Å²) in [5.74, 6) is -0.918. The average molecular weight is 351 g/mol. The Morgan fingerprint density at radius 1 is 1.08 bits per heavy atom. The number of benzene rings is 2. The number of nitrogens with one attached hydrogen (secondary N) is 1. The molecule has 3 rings (SSSR count). The minimum absolute atomic E-state index is 0.194. The zero-order valence-electron chi connectivity index (χ0n) is 14.4. The van der Waals surface area contributed by atoms with Crippen LogP contribution in [0.15, 0.2) is 65.5 Å². The molecule has 3 aromatic rings. The van der Waals surface area contributed by atoms with Crippen molar-refractivity contribution in [1.29, 1.82) is 0 Å². The number of rotatable bonds is 4. The van der Waals surface area contributed by atoms with Crippen molar-refractivity contribution in [3.05, 3.63) is 88.1 Å². The molecule has 0 saturated heterocycles. The molecule has 6 heteroatoms. The SMILES string of the molecule is Cc1c(NC(=O)/C=C/c2ccccc2F)c(=O)n(-c2ccccc2)n1C. The van der Waals surface area contributed by atoms with Gasteiger partial charge in [0.25, 0.3) is 5.56 Å². The van der Waals surface area contributed by atoms with Crippen molar-refractivity contribution in [1.82, 2.24) is 9.36 Å². The maximum atomic E-state index is 13.6. The van der Waals surface area contributed by atoms with Gasteiger partial charge >= 0.3 is 0 Å². The number of anilines is 1. The van der Waals surface area contributed by atoms with E-state index in [0.717, 1.165) is 0 Å². The first-order chi connectivity index (χ1) is 12.5. The number of halogens is 1. The van der Waals surface area contributed by atoms with Gasteiger partial charge in [0.05, 0.1) is 11.4 Å². The summed E-state index contributed by atoms with van der Waals surface area (Å²) in [5, 5.41) is 2.60. The lowest BCUT2D eigenvalue weighted by Gasteiger charge is -2.07. The second-order valence-electron chi connectivity index (χ2n) is 5.78. The number of carbonyl (C=O) groups is 1. The van der Waals surface area contributed by atoms with Gasteiger partial charge in [-0.25, -0.2) is 9.07 Å². The Kier molecular flexibility index (Phi) is 4.84. The van der Waals surface area contributed by atoms with E-state index in [0.29, 0.717) is 16.9 Å². The number of hydrogen-bond acceptors (Lipinski definition) is 2. The van der Waals surface area contributed by atoms with E-state index < -0.39 is 11.7 Å². The molecule has 0 saturated carbocycles. The van der Waals surface area contributed by atoms with Gasteiger partial charge in [0, 0.05) is 18.7 Å². The molecule has 0 bridgehead atoms. The second kappa shape index (κ2) is 7.23. The van der Waals surface area contributed by atoms with Crippen LogP contribution in [0.5, 0.6) is 0 Å². The van der Waals surface area contributed by atoms with Crippen molar-refractivity contribution in [3.8, 4) is 5.69 Å². The largest absolute Gasteiger partial charge is 0.316 e. The first-order valence-corrected chi connectivity index (χ1v) is 8.06. The normalized spacial score (nSPS) is 11.0. The number of carbonyl (C=O) groups excluding carboxylic acids is 1. The maximum Gasteiger partial charge on any atom is 0.295 e. The molecule has 0 aliphatic heterocycles. The maximum absolute atomic E-state index is 13.6. The minimum atomic E-state index is -0.501. The molecule has 0 unspecified atom stereocenters. The van der Waals surface area contributed by atoms with Crippen molar-refractivity contribution < 1.29 is 9.18 Å². The summed E-state index contributed by atoms with van der Waals surface area (Å²) in [7, 11) is 1.74. The van der Waals surface area contributed by atoms with Crippen LogP contribution in [-0.4, -0.2) is 15.3 Å². The number of nitrogens with zero attached hydrogens (tertiary/aromatic N) is 2. The van der Waals surface area contributed by atoms with Gasteiger partial charge in [0.2, 0.25) is 5.91 Å². The van der Waals surface area contributed by atoms with Gasteiger partial charge in [-0.1, -0.05) is 36.4 Å². The third-order valence-corrected chi connectivity index (χ3v) is 4.12. The first-order valence-electron chi connectivity index (χ1n) is 8.06. The molecule has 132 valence electrons. The Balaban J connectivity index is 1.88. The summed E-state index contributed by atoms with van der Waals surface area (Å²) >= 11 is 0. The fourth-order valence-corrected chi connectivity index (χ4v) is 2.65. The smallest absolute Gasteiger partial charge is 0.295 e. The lowest BCUT2D eigenvalue weighted by atomic mass is 10.2. The molecule has 0 fully saturated rings. The Morgan fingerprint density at radius 2 is 1.73 bits per heavy atom. The summed E-state index contributed by atoms with van der Waals surface area (Å²) in [5.41, 5.74) is 1.48. The molecule has 26 heavy (non-hydrogen) atoms. The lowest BCUT2D eigenvalue weighted by molar-refractivity contribution is -0.111. The van der Waals surface area contributed by atoms with Crippen molar-refractivity contribution in [2.24, 2.45) is 7.05 Å². The average Bonchev–Trinajstić information content (AvgIpc) is 2.85. The second-order valence-corrected chi connectivity index (χ2v) is 5.78. The van der Waals surface area contributed by atoms with Crippen molar-refractivity contribution >= 4 is 17.7 Å². The topological polar surface area (TPSA) is 56.0 Å². The van der Waals surface area contributed by atoms with Gasteiger partial charge in [-0.15, -0.1) is 0 Å². The van der Waals surface area contributed by atoms with Gasteiger partial charge in [-0.3, -0.25) is 14.3 Å². The monoisotopic (exact) mass is 351 g/mol. The van der Waals surface area contributed by atoms with E-state index in [9.17, 15) is 14.0 Å². The molecule has 0 aliphatic carbocycles. The Bertz CT molecular complexity index is 1030. The molecule has 2 aromatic carbocycles. The van der Waals surface area contributed by atoms with E-state index >= 15 is 0 Å². The van der Waals surface area contributed by atoms with E-state index in [1.165, 1.54) is 22.9 Å². The lowest BCUT2D eigenvalue weighted by Crippen LogP contribution is -2.22. The highest BCUT2D eigenvalue weighted by atomic mass is 19.1. The van der Waals surface area contributed by atoms with Gasteiger partial charge in [0.1, 0.15) is 11.5 Å². The standard InChI is InChI=1S/C20H18FN3O2/c1-14-19(20(26)24(23(14)2)16-9-4-3-5-10-16)22-18(25)13-12-15-8-6-7-11-17(15)21/h3-13H,1-2H3,(H,22,25)/b13-12+. The van der Waals surface area contributed by atoms with Gasteiger partial charge in [0.15, 0.2) is 0 Å². The molecule has 1 N–H and O–H groups in total. The van der Waals surface area contributed by atoms with Crippen LogP contribution in [-0.2, 0) is 11.8 Å². The van der Waals surface area contributed by atoms with E-state index in [2.05, 4.69) is 5.32 Å². The number of amides is 1. The van der Waals surface area contributed by atoms with Crippen LogP contribution in [0.25, 0.3) is 11.8 Å². The van der Waals surface area contributed by atoms with Crippen molar-refractivity contribution in [2.75, 3.05) is 5.32 Å². The molecule has 1 heterocycles. The summed E-state index contributed by atoms with van der Waals surface area (Å²) in [4.78, 5) is 24.9. The fourth-order valence-electron chi connectivity index (χ4n) is 2.65. The van der Waals surface area contributed by atoms with E-state index in [4.69, 9.17) is 0 Å². The van der Waals surface area contributed by atoms with Crippen LogP contribution >= 0.6 is 0 Å². The Hall–Kier alpha value is -3.41. The zero-order valence-corrected chi connectivity index (χ0v) is 14.4. The molecular formula is C20H18FN3O2. The predicted molar refractivity (Wildman–Crippen MR) is 99.8 cm³/mol. The highest BCUT2D eigenvalue weighted by Crippen LogP contribution is 2.14. The summed E-state index contributed by atoms with van der Waals surface area (Å²) in [6.45, 7) is 1.75. The van der Waals surface area contributed by atoms with Crippen LogP contribution in [0, 0.1) is 12.7 Å². The van der Waals surface area contributed by atoms with Gasteiger partial charge < -0.3 is 5.32 Å². The molecule has 1 aromatic heterocycles. The molecular weight excluding hydrogens is 333 g/mol. The first kappa shape index (κ1) is 17.4. The molecule has 0 spiro atoms. The Labute approximate surface area is 150 Å². The van der Waals surface area contributed by atoms with Crippen LogP contribution in [0.1, 0.15) is 11.3 Å². The van der Waals surface area contributed by atoms with E-state index in [-0.39, 0.29) is 11.2 Å². The zero-order chi connectivity index (χ0) is 18.7. The van der Waals surface area contributed by atoms with Crippen LogP contribution < -0.4 is 10.9 Å². The number of hydrogen-bond donors (Lipinski definition) is 1. The minimum Gasteiger partial charge on any atom is -0.316 e. The van der Waals surface area contributed by atoms with Crippen molar-refractivity contribution in [3.63, 3.8) is 0 Å².